The molecule has 2 rings (SSSR count). The van der Waals surface area contributed by atoms with E-state index in [1.54, 1.807) is 18.0 Å². The molecule has 0 fully saturated rings. The summed E-state index contributed by atoms with van der Waals surface area (Å²) < 4.78 is 0. The van der Waals surface area contributed by atoms with Crippen LogP contribution in [0.3, 0.4) is 0 Å². The van der Waals surface area contributed by atoms with Crippen molar-refractivity contribution in [2.24, 2.45) is 16.5 Å². The third-order valence-electron chi connectivity index (χ3n) is 3.01. The zero-order valence-corrected chi connectivity index (χ0v) is 13.0. The van der Waals surface area contributed by atoms with Crippen LogP contribution in [0, 0.1) is 0 Å². The standard InChI is InChI=1S/C14H19ClN4S/c1-2-7-20-13-18-9-12(16)14(17,19-13)8-10-5-3-4-6-11(10)15/h3-6,9H,2,7-8,16-17H2,1H3,(H,18,19). The molecule has 0 bridgehead atoms. The van der Waals surface area contributed by atoms with Crippen LogP contribution in [0.5, 0.6) is 0 Å². The van der Waals surface area contributed by atoms with E-state index < -0.39 is 5.66 Å². The number of thioether (sulfide) groups is 1. The molecule has 6 heteroatoms. The minimum Gasteiger partial charge on any atom is -0.398 e. The Hall–Kier alpha value is -1.17. The van der Waals surface area contributed by atoms with Crippen LogP contribution in [-0.4, -0.2) is 16.6 Å². The van der Waals surface area contributed by atoms with Crippen LogP contribution >= 0.6 is 23.4 Å². The quantitative estimate of drug-likeness (QED) is 0.798. The van der Waals surface area contributed by atoms with Crippen molar-refractivity contribution in [2.45, 2.75) is 25.4 Å². The van der Waals surface area contributed by atoms with Gasteiger partial charge >= 0.3 is 0 Å². The SMILES string of the molecule is CCCSC1=NC(N)(Cc2ccccc2Cl)C(N)=CN1. The number of nitrogens with one attached hydrogen (secondary N) is 1. The fourth-order valence-electron chi connectivity index (χ4n) is 1.89. The predicted molar refractivity (Wildman–Crippen MR) is 87.7 cm³/mol. The summed E-state index contributed by atoms with van der Waals surface area (Å²) in [5.74, 6) is 0.988. The van der Waals surface area contributed by atoms with E-state index in [9.17, 15) is 0 Å². The van der Waals surface area contributed by atoms with Crippen LogP contribution in [-0.2, 0) is 6.42 Å². The van der Waals surface area contributed by atoms with E-state index >= 15 is 0 Å². The number of nitrogens with zero attached hydrogens (tertiary/aromatic N) is 1. The van der Waals surface area contributed by atoms with E-state index in [0.717, 1.165) is 22.9 Å². The molecule has 1 heterocycles. The summed E-state index contributed by atoms with van der Waals surface area (Å²) in [4.78, 5) is 4.56. The molecule has 0 saturated heterocycles. The second-order valence-corrected chi connectivity index (χ2v) is 6.19. The van der Waals surface area contributed by atoms with E-state index in [2.05, 4.69) is 17.2 Å². The Balaban J connectivity index is 2.22. The first-order valence-corrected chi connectivity index (χ1v) is 7.89. The van der Waals surface area contributed by atoms with Crippen molar-refractivity contribution in [3.05, 3.63) is 46.7 Å². The highest BCUT2D eigenvalue weighted by Crippen LogP contribution is 2.26. The summed E-state index contributed by atoms with van der Waals surface area (Å²) in [6.07, 6.45) is 3.28. The Morgan fingerprint density at radius 3 is 2.85 bits per heavy atom. The van der Waals surface area contributed by atoms with Gasteiger partial charge in [-0.1, -0.05) is 48.5 Å². The highest BCUT2D eigenvalue weighted by atomic mass is 35.5. The molecule has 0 saturated carbocycles. The number of halogens is 1. The first-order chi connectivity index (χ1) is 9.55. The highest BCUT2D eigenvalue weighted by Gasteiger charge is 2.32. The van der Waals surface area contributed by atoms with Gasteiger partial charge in [0.15, 0.2) is 10.8 Å². The molecule has 4 nitrogen and oxygen atoms in total. The van der Waals surface area contributed by atoms with Gasteiger partial charge in [-0.05, 0) is 18.1 Å². The summed E-state index contributed by atoms with van der Waals surface area (Å²) in [6, 6.07) is 7.61. The topological polar surface area (TPSA) is 76.4 Å². The van der Waals surface area contributed by atoms with Crippen molar-refractivity contribution in [3.8, 4) is 0 Å². The second-order valence-electron chi connectivity index (χ2n) is 4.70. The number of nitrogens with two attached hydrogens (primary N) is 2. The van der Waals surface area contributed by atoms with Gasteiger partial charge in [0.25, 0.3) is 0 Å². The van der Waals surface area contributed by atoms with Crippen molar-refractivity contribution in [1.82, 2.24) is 5.32 Å². The average Bonchev–Trinajstić information content (AvgIpc) is 2.43. The Bertz CT molecular complexity index is 544. The molecule has 0 amide bonds. The highest BCUT2D eigenvalue weighted by molar-refractivity contribution is 8.13. The Labute approximate surface area is 128 Å². The van der Waals surface area contributed by atoms with Crippen LogP contribution in [0.1, 0.15) is 18.9 Å². The van der Waals surface area contributed by atoms with Crippen molar-refractivity contribution < 1.29 is 0 Å². The molecule has 1 aliphatic rings. The lowest BCUT2D eigenvalue weighted by Gasteiger charge is -2.30. The van der Waals surface area contributed by atoms with E-state index in [1.807, 2.05) is 24.3 Å². The van der Waals surface area contributed by atoms with Gasteiger partial charge in [-0.25, -0.2) is 4.99 Å². The largest absolute Gasteiger partial charge is 0.398 e. The monoisotopic (exact) mass is 310 g/mol. The van der Waals surface area contributed by atoms with Gasteiger partial charge in [0.05, 0.1) is 5.70 Å². The van der Waals surface area contributed by atoms with Gasteiger partial charge in [0.2, 0.25) is 0 Å². The molecule has 0 aliphatic carbocycles. The van der Waals surface area contributed by atoms with Crippen molar-refractivity contribution in [1.29, 1.82) is 0 Å². The number of amidine groups is 1. The van der Waals surface area contributed by atoms with Crippen molar-refractivity contribution >= 4 is 28.5 Å². The fourth-order valence-corrected chi connectivity index (χ4v) is 2.86. The maximum Gasteiger partial charge on any atom is 0.162 e. The van der Waals surface area contributed by atoms with Gasteiger partial charge in [0, 0.05) is 23.4 Å². The number of aliphatic imine (C=N–C) groups is 1. The third-order valence-corrected chi connectivity index (χ3v) is 4.48. The van der Waals surface area contributed by atoms with Gasteiger partial charge in [-0.15, -0.1) is 0 Å². The van der Waals surface area contributed by atoms with Gasteiger partial charge in [-0.3, -0.25) is 0 Å². The summed E-state index contributed by atoms with van der Waals surface area (Å²) in [7, 11) is 0. The van der Waals surface area contributed by atoms with E-state index in [0.29, 0.717) is 17.1 Å². The van der Waals surface area contributed by atoms with Crippen LogP contribution in [0.4, 0.5) is 0 Å². The minimum atomic E-state index is -0.938. The summed E-state index contributed by atoms with van der Waals surface area (Å²) in [6.45, 7) is 2.13. The molecular formula is C14H19ClN4S. The molecule has 1 unspecified atom stereocenters. The van der Waals surface area contributed by atoms with Gasteiger partial charge in [-0.2, -0.15) is 0 Å². The summed E-state index contributed by atoms with van der Waals surface area (Å²) >= 11 is 7.83. The normalized spacial score (nSPS) is 21.9. The summed E-state index contributed by atoms with van der Waals surface area (Å²) in [5, 5.41) is 4.56. The lowest BCUT2D eigenvalue weighted by atomic mass is 9.97. The number of hydrogen-bond donors (Lipinski definition) is 3. The molecule has 1 aliphatic heterocycles. The summed E-state index contributed by atoms with van der Waals surface area (Å²) in [5.41, 5.74) is 12.9. The lowest BCUT2D eigenvalue weighted by Crippen LogP contribution is -2.49. The molecule has 1 aromatic rings. The van der Waals surface area contributed by atoms with E-state index in [1.165, 1.54) is 0 Å². The van der Waals surface area contributed by atoms with E-state index in [4.69, 9.17) is 23.1 Å². The Morgan fingerprint density at radius 2 is 2.15 bits per heavy atom. The Morgan fingerprint density at radius 1 is 1.40 bits per heavy atom. The van der Waals surface area contributed by atoms with Crippen LogP contribution < -0.4 is 16.8 Å². The number of benzene rings is 1. The molecule has 0 radical (unpaired) electrons. The van der Waals surface area contributed by atoms with Crippen LogP contribution in [0.15, 0.2) is 41.2 Å². The molecular weight excluding hydrogens is 292 g/mol. The van der Waals surface area contributed by atoms with Crippen LogP contribution in [0.25, 0.3) is 0 Å². The molecule has 0 aromatic heterocycles. The maximum absolute atomic E-state index is 6.37. The zero-order valence-electron chi connectivity index (χ0n) is 11.4. The smallest absolute Gasteiger partial charge is 0.162 e. The maximum atomic E-state index is 6.37. The molecule has 5 N–H and O–H groups in total. The third kappa shape index (κ3) is 3.48. The molecule has 20 heavy (non-hydrogen) atoms. The first-order valence-electron chi connectivity index (χ1n) is 6.53. The first kappa shape index (κ1) is 15.2. The predicted octanol–water partition coefficient (Wildman–Crippen LogP) is 2.44. The number of hydrogen-bond acceptors (Lipinski definition) is 5. The second kappa shape index (κ2) is 6.52. The van der Waals surface area contributed by atoms with Crippen molar-refractivity contribution in [2.75, 3.05) is 5.75 Å². The molecule has 108 valence electrons. The molecule has 1 aromatic carbocycles. The lowest BCUT2D eigenvalue weighted by molar-refractivity contribution is 0.505. The van der Waals surface area contributed by atoms with Gasteiger partial charge < -0.3 is 16.8 Å². The van der Waals surface area contributed by atoms with E-state index in [-0.39, 0.29) is 0 Å². The van der Waals surface area contributed by atoms with Gasteiger partial charge in [0.1, 0.15) is 0 Å². The molecule has 1 atom stereocenters. The average molecular weight is 311 g/mol. The van der Waals surface area contributed by atoms with Crippen LogP contribution in [0.2, 0.25) is 5.02 Å². The minimum absolute atomic E-state index is 0.479. The Kier molecular flexibility index (Phi) is 4.96. The molecule has 0 spiro atoms. The van der Waals surface area contributed by atoms with Crippen molar-refractivity contribution in [3.63, 3.8) is 0 Å². The fraction of sp³-hybridized carbons (Fsp3) is 0.357. The zero-order chi connectivity index (χ0) is 14.6. The number of rotatable bonds is 4.